The minimum atomic E-state index is -1.36. The number of hydrogen-bond acceptors (Lipinski definition) is 4. The molecule has 1 aromatic carbocycles. The van der Waals surface area contributed by atoms with E-state index in [-0.39, 0.29) is 6.61 Å². The molecule has 4 N–H and O–H groups in total. The molecule has 0 heterocycles. The van der Waals surface area contributed by atoms with E-state index in [9.17, 15) is 15.0 Å². The Kier molecular flexibility index (Phi) is 4.62. The summed E-state index contributed by atoms with van der Waals surface area (Å²) in [4.78, 5) is 10.4. The van der Waals surface area contributed by atoms with Gasteiger partial charge in [0.05, 0.1) is 19.1 Å². The van der Waals surface area contributed by atoms with Crippen molar-refractivity contribution in [1.29, 1.82) is 0 Å². The molecule has 1 aromatic rings. The SMILES string of the molecule is Cc1ccc(CO)cc1C(O)C(O)CC(=O)O. The number of carbonyl (C=O) groups is 1. The summed E-state index contributed by atoms with van der Waals surface area (Å²) in [5.41, 5.74) is 1.77. The average Bonchev–Trinajstić information content (AvgIpc) is 2.28. The summed E-state index contributed by atoms with van der Waals surface area (Å²) in [6.45, 7) is 1.57. The Morgan fingerprint density at radius 1 is 1.35 bits per heavy atom. The monoisotopic (exact) mass is 240 g/mol. The smallest absolute Gasteiger partial charge is 0.306 e. The van der Waals surface area contributed by atoms with Crippen LogP contribution in [0, 0.1) is 6.92 Å². The van der Waals surface area contributed by atoms with E-state index in [0.29, 0.717) is 11.1 Å². The second-order valence-corrected chi connectivity index (χ2v) is 3.96. The van der Waals surface area contributed by atoms with Crippen LogP contribution in [0.25, 0.3) is 0 Å². The maximum absolute atomic E-state index is 10.4. The lowest BCUT2D eigenvalue weighted by atomic mass is 9.96. The van der Waals surface area contributed by atoms with Crippen LogP contribution in [0.4, 0.5) is 0 Å². The van der Waals surface area contributed by atoms with E-state index in [4.69, 9.17) is 10.2 Å². The van der Waals surface area contributed by atoms with Crippen molar-refractivity contribution in [2.24, 2.45) is 0 Å². The number of aliphatic hydroxyl groups is 3. The Morgan fingerprint density at radius 3 is 2.53 bits per heavy atom. The third kappa shape index (κ3) is 3.52. The number of rotatable bonds is 5. The second kappa shape index (κ2) is 5.77. The molecule has 0 amide bonds. The van der Waals surface area contributed by atoms with Gasteiger partial charge in [-0.05, 0) is 23.6 Å². The van der Waals surface area contributed by atoms with Crippen LogP contribution in [0.1, 0.15) is 29.2 Å². The zero-order valence-corrected chi connectivity index (χ0v) is 9.50. The predicted octanol–water partition coefficient (Wildman–Crippen LogP) is 0.356. The quantitative estimate of drug-likeness (QED) is 0.595. The fourth-order valence-corrected chi connectivity index (χ4v) is 1.60. The highest BCUT2D eigenvalue weighted by atomic mass is 16.4. The van der Waals surface area contributed by atoms with Crippen molar-refractivity contribution in [3.8, 4) is 0 Å². The van der Waals surface area contributed by atoms with Gasteiger partial charge in [0, 0.05) is 0 Å². The summed E-state index contributed by atoms with van der Waals surface area (Å²) in [6.07, 6.45) is -3.15. The highest BCUT2D eigenvalue weighted by molar-refractivity contribution is 5.67. The number of carboxylic acids is 1. The lowest BCUT2D eigenvalue weighted by molar-refractivity contribution is -0.141. The van der Waals surface area contributed by atoms with E-state index < -0.39 is 24.6 Å². The van der Waals surface area contributed by atoms with Gasteiger partial charge in [-0.25, -0.2) is 0 Å². The van der Waals surface area contributed by atoms with Gasteiger partial charge in [0.1, 0.15) is 6.10 Å². The van der Waals surface area contributed by atoms with E-state index in [0.717, 1.165) is 5.56 Å². The lowest BCUT2D eigenvalue weighted by Crippen LogP contribution is -2.22. The van der Waals surface area contributed by atoms with Crippen LogP contribution in [0.5, 0.6) is 0 Å². The maximum Gasteiger partial charge on any atom is 0.306 e. The molecule has 0 aliphatic carbocycles. The minimum absolute atomic E-state index is 0.172. The lowest BCUT2D eigenvalue weighted by Gasteiger charge is -2.19. The van der Waals surface area contributed by atoms with Crippen LogP contribution in [-0.4, -0.2) is 32.5 Å². The number of carboxylic acid groups (broad SMARTS) is 1. The highest BCUT2D eigenvalue weighted by Crippen LogP contribution is 2.23. The van der Waals surface area contributed by atoms with Gasteiger partial charge in [-0.15, -0.1) is 0 Å². The zero-order chi connectivity index (χ0) is 13.0. The van der Waals surface area contributed by atoms with E-state index >= 15 is 0 Å². The summed E-state index contributed by atoms with van der Waals surface area (Å²) in [5, 5.41) is 36.9. The first-order chi connectivity index (χ1) is 7.95. The normalized spacial score (nSPS) is 14.4. The molecular weight excluding hydrogens is 224 g/mol. The fraction of sp³-hybridized carbons (Fsp3) is 0.417. The third-order valence-corrected chi connectivity index (χ3v) is 2.59. The number of aliphatic carboxylic acids is 1. The first kappa shape index (κ1) is 13.6. The number of aliphatic hydroxyl groups excluding tert-OH is 3. The van der Waals surface area contributed by atoms with Crippen LogP contribution < -0.4 is 0 Å². The van der Waals surface area contributed by atoms with Crippen molar-refractivity contribution < 1.29 is 25.2 Å². The molecule has 0 saturated heterocycles. The van der Waals surface area contributed by atoms with Gasteiger partial charge in [0.25, 0.3) is 0 Å². The van der Waals surface area contributed by atoms with Crippen LogP contribution in [-0.2, 0) is 11.4 Å². The van der Waals surface area contributed by atoms with E-state index in [1.807, 2.05) is 0 Å². The average molecular weight is 240 g/mol. The number of aryl methyl sites for hydroxylation is 1. The largest absolute Gasteiger partial charge is 0.481 e. The van der Waals surface area contributed by atoms with Gasteiger partial charge in [0.15, 0.2) is 0 Å². The van der Waals surface area contributed by atoms with Crippen molar-refractivity contribution in [2.45, 2.75) is 32.2 Å². The molecule has 0 fully saturated rings. The Balaban J connectivity index is 2.94. The summed E-state index contributed by atoms with van der Waals surface area (Å²) in [5.74, 6) is -1.17. The van der Waals surface area contributed by atoms with Gasteiger partial charge < -0.3 is 20.4 Å². The standard InChI is InChI=1S/C12H16O5/c1-7-2-3-8(6-13)4-9(7)12(17)10(14)5-11(15)16/h2-4,10,12-14,17H,5-6H2,1H3,(H,15,16). The van der Waals surface area contributed by atoms with Crippen molar-refractivity contribution >= 4 is 5.97 Å². The molecule has 2 atom stereocenters. The van der Waals surface area contributed by atoms with Gasteiger partial charge in [0.2, 0.25) is 0 Å². The zero-order valence-electron chi connectivity index (χ0n) is 9.50. The second-order valence-electron chi connectivity index (χ2n) is 3.96. The molecule has 94 valence electrons. The number of hydrogen-bond donors (Lipinski definition) is 4. The van der Waals surface area contributed by atoms with E-state index in [2.05, 4.69) is 0 Å². The van der Waals surface area contributed by atoms with Gasteiger partial charge in [-0.3, -0.25) is 4.79 Å². The van der Waals surface area contributed by atoms with Crippen LogP contribution in [0.15, 0.2) is 18.2 Å². The molecule has 0 saturated carbocycles. The van der Waals surface area contributed by atoms with Crippen LogP contribution >= 0.6 is 0 Å². The molecule has 0 radical (unpaired) electrons. The molecule has 2 unspecified atom stereocenters. The Morgan fingerprint density at radius 2 is 2.00 bits per heavy atom. The Hall–Kier alpha value is -1.43. The fourth-order valence-electron chi connectivity index (χ4n) is 1.60. The minimum Gasteiger partial charge on any atom is -0.481 e. The molecule has 5 nitrogen and oxygen atoms in total. The summed E-state index contributed by atoms with van der Waals surface area (Å²) >= 11 is 0. The topological polar surface area (TPSA) is 98.0 Å². The third-order valence-electron chi connectivity index (χ3n) is 2.59. The maximum atomic E-state index is 10.4. The molecule has 0 aromatic heterocycles. The first-order valence-corrected chi connectivity index (χ1v) is 5.24. The van der Waals surface area contributed by atoms with Gasteiger partial charge in [-0.1, -0.05) is 18.2 Å². The molecule has 5 heteroatoms. The highest BCUT2D eigenvalue weighted by Gasteiger charge is 2.22. The summed E-state index contributed by atoms with van der Waals surface area (Å²) < 4.78 is 0. The Labute approximate surface area is 99.0 Å². The molecular formula is C12H16O5. The Bertz CT molecular complexity index is 402. The van der Waals surface area contributed by atoms with Crippen LogP contribution in [0.3, 0.4) is 0 Å². The van der Waals surface area contributed by atoms with Crippen molar-refractivity contribution in [3.63, 3.8) is 0 Å². The molecule has 0 aliphatic heterocycles. The van der Waals surface area contributed by atoms with E-state index in [1.54, 1.807) is 25.1 Å². The molecule has 1 rings (SSSR count). The predicted molar refractivity (Wildman–Crippen MR) is 60.3 cm³/mol. The summed E-state index contributed by atoms with van der Waals surface area (Å²) in [7, 11) is 0. The van der Waals surface area contributed by atoms with Gasteiger partial charge >= 0.3 is 5.97 Å². The molecule has 0 spiro atoms. The molecule has 17 heavy (non-hydrogen) atoms. The first-order valence-electron chi connectivity index (χ1n) is 5.24. The summed E-state index contributed by atoms with van der Waals surface area (Å²) in [6, 6.07) is 4.97. The molecule has 0 aliphatic rings. The van der Waals surface area contributed by atoms with Crippen LogP contribution in [0.2, 0.25) is 0 Å². The van der Waals surface area contributed by atoms with Crippen molar-refractivity contribution in [1.82, 2.24) is 0 Å². The van der Waals surface area contributed by atoms with Gasteiger partial charge in [-0.2, -0.15) is 0 Å². The molecule has 0 bridgehead atoms. The van der Waals surface area contributed by atoms with Crippen molar-refractivity contribution in [3.05, 3.63) is 34.9 Å². The number of benzene rings is 1. The van der Waals surface area contributed by atoms with Crippen molar-refractivity contribution in [2.75, 3.05) is 0 Å². The van der Waals surface area contributed by atoms with E-state index in [1.165, 1.54) is 0 Å².